The summed E-state index contributed by atoms with van der Waals surface area (Å²) in [7, 11) is 0. The summed E-state index contributed by atoms with van der Waals surface area (Å²) < 4.78 is 0. The number of fused-ring (bicyclic) bond motifs is 1. The van der Waals surface area contributed by atoms with Crippen LogP contribution in [-0.4, -0.2) is 33.7 Å². The number of allylic oxidation sites excluding steroid dienone is 1. The first-order valence-electron chi connectivity index (χ1n) is 12.6. The van der Waals surface area contributed by atoms with Gasteiger partial charge in [-0.1, -0.05) is 52.7 Å². The third kappa shape index (κ3) is 7.00. The number of ketones is 1. The highest BCUT2D eigenvalue weighted by Crippen LogP contribution is 2.28. The highest BCUT2D eigenvalue weighted by atomic mass is 16.1. The van der Waals surface area contributed by atoms with E-state index in [0.29, 0.717) is 12.5 Å². The number of carbonyl (C=O) groups is 1. The molecule has 2 aliphatic rings. The van der Waals surface area contributed by atoms with Gasteiger partial charge in [-0.3, -0.25) is 14.9 Å². The summed E-state index contributed by atoms with van der Waals surface area (Å²) in [6, 6.07) is 6.89. The molecule has 1 atom stereocenters. The molecule has 2 N–H and O–H groups in total. The minimum absolute atomic E-state index is 0.0763. The SMILES string of the molecule is CC.CC(=O)C1=C2N=CC=CN2NC1.CCCCc1cn[nH]c1-c1cc(C)cc(C(C)CC)c1. The number of Topliss-reactive ketones (excluding diaryl/α,β-unsaturated/α-hetero) is 1. The van der Waals surface area contributed by atoms with E-state index >= 15 is 0 Å². The molecule has 1 aromatic carbocycles. The summed E-state index contributed by atoms with van der Waals surface area (Å²) in [5.74, 6) is 1.41. The highest BCUT2D eigenvalue weighted by molar-refractivity contribution is 5.95. The van der Waals surface area contributed by atoms with E-state index < -0.39 is 0 Å². The molecule has 0 radical (unpaired) electrons. The molecule has 2 aliphatic heterocycles. The first-order chi connectivity index (χ1) is 16.4. The van der Waals surface area contributed by atoms with Gasteiger partial charge in [0.1, 0.15) is 0 Å². The van der Waals surface area contributed by atoms with Gasteiger partial charge in [0.05, 0.1) is 17.5 Å². The molecular weight excluding hydrogens is 422 g/mol. The van der Waals surface area contributed by atoms with Gasteiger partial charge in [0.25, 0.3) is 0 Å². The zero-order chi connectivity index (χ0) is 25.1. The van der Waals surface area contributed by atoms with Crippen molar-refractivity contribution < 1.29 is 4.79 Å². The van der Waals surface area contributed by atoms with Crippen LogP contribution in [0.1, 0.15) is 83.4 Å². The first kappa shape index (κ1) is 27.3. The lowest BCUT2D eigenvalue weighted by atomic mass is 9.93. The number of carbonyl (C=O) groups excluding carboxylic acids is 1. The number of nitrogens with zero attached hydrogens (tertiary/aromatic N) is 3. The lowest BCUT2D eigenvalue weighted by Gasteiger charge is -2.15. The van der Waals surface area contributed by atoms with Crippen molar-refractivity contribution in [3.63, 3.8) is 0 Å². The number of hydrogen-bond acceptors (Lipinski definition) is 5. The van der Waals surface area contributed by atoms with E-state index in [0.717, 1.165) is 17.8 Å². The number of aliphatic imine (C=N–C) groups is 1. The molecule has 34 heavy (non-hydrogen) atoms. The van der Waals surface area contributed by atoms with Crippen LogP contribution >= 0.6 is 0 Å². The number of aromatic amines is 1. The van der Waals surface area contributed by atoms with Gasteiger partial charge >= 0.3 is 0 Å². The number of H-pyrrole nitrogens is 1. The summed E-state index contributed by atoms with van der Waals surface area (Å²) in [6.45, 7) is 15.1. The predicted octanol–water partition coefficient (Wildman–Crippen LogP) is 6.47. The van der Waals surface area contributed by atoms with Crippen molar-refractivity contribution in [1.82, 2.24) is 20.6 Å². The number of benzene rings is 1. The Hall–Kier alpha value is -2.99. The molecule has 6 nitrogen and oxygen atoms in total. The molecule has 1 unspecified atom stereocenters. The Labute approximate surface area is 205 Å². The molecule has 0 saturated carbocycles. The fourth-order valence-electron chi connectivity index (χ4n) is 3.84. The number of rotatable bonds is 7. The summed E-state index contributed by atoms with van der Waals surface area (Å²) in [4.78, 5) is 15.2. The van der Waals surface area contributed by atoms with Crippen LogP contribution in [-0.2, 0) is 11.2 Å². The Morgan fingerprint density at radius 1 is 1.21 bits per heavy atom. The standard InChI is InChI=1S/C18H26N2.C8H9N3O.C2H6/c1-5-7-8-15-12-19-20-18(15)17-10-13(3)9-16(11-17)14(4)6-2;1-6(12)7-5-10-11-4-2-3-9-8(7)11;1-2/h9-12,14H,5-8H2,1-4H3,(H,19,20);2-4,10H,5H2,1H3;1-2H3. The third-order valence-electron chi connectivity index (χ3n) is 5.95. The van der Waals surface area contributed by atoms with Crippen LogP contribution < -0.4 is 5.43 Å². The molecule has 184 valence electrons. The zero-order valence-electron chi connectivity index (χ0n) is 21.9. The Morgan fingerprint density at radius 3 is 2.65 bits per heavy atom. The van der Waals surface area contributed by atoms with E-state index in [-0.39, 0.29) is 5.78 Å². The molecule has 0 amide bonds. The van der Waals surface area contributed by atoms with E-state index in [2.05, 4.69) is 66.5 Å². The zero-order valence-corrected chi connectivity index (χ0v) is 21.9. The molecular formula is C28H41N5O. The molecule has 3 heterocycles. The van der Waals surface area contributed by atoms with E-state index in [4.69, 9.17) is 0 Å². The maximum Gasteiger partial charge on any atom is 0.160 e. The van der Waals surface area contributed by atoms with E-state index in [1.54, 1.807) is 18.1 Å². The summed E-state index contributed by atoms with van der Waals surface area (Å²) in [6.07, 6.45) is 12.0. The topological polar surface area (TPSA) is 73.4 Å². The second-order valence-corrected chi connectivity index (χ2v) is 8.50. The summed E-state index contributed by atoms with van der Waals surface area (Å²) >= 11 is 0. The maximum atomic E-state index is 11.1. The number of nitrogens with one attached hydrogen (secondary N) is 2. The van der Waals surface area contributed by atoms with Gasteiger partial charge in [-0.05, 0) is 68.4 Å². The summed E-state index contributed by atoms with van der Waals surface area (Å²) in [5, 5.41) is 9.20. The number of aromatic nitrogens is 2. The van der Waals surface area contributed by atoms with Crippen LogP contribution in [0.3, 0.4) is 0 Å². The van der Waals surface area contributed by atoms with E-state index in [9.17, 15) is 4.79 Å². The third-order valence-corrected chi connectivity index (χ3v) is 5.95. The van der Waals surface area contributed by atoms with Crippen molar-refractivity contribution in [3.05, 3.63) is 64.8 Å². The molecule has 0 aliphatic carbocycles. The fraction of sp³-hybridized carbons (Fsp3) is 0.464. The Kier molecular flexibility index (Phi) is 10.9. The quantitative estimate of drug-likeness (QED) is 0.493. The van der Waals surface area contributed by atoms with Crippen LogP contribution in [0.2, 0.25) is 0 Å². The van der Waals surface area contributed by atoms with Gasteiger partial charge in [0, 0.05) is 24.5 Å². The lowest BCUT2D eigenvalue weighted by Crippen LogP contribution is -2.27. The second-order valence-electron chi connectivity index (χ2n) is 8.50. The largest absolute Gasteiger partial charge is 0.295 e. The molecule has 0 bridgehead atoms. The van der Waals surface area contributed by atoms with Crippen molar-refractivity contribution in [1.29, 1.82) is 0 Å². The van der Waals surface area contributed by atoms with Crippen molar-refractivity contribution in [3.8, 4) is 11.3 Å². The number of hydrogen-bond donors (Lipinski definition) is 2. The minimum Gasteiger partial charge on any atom is -0.295 e. The van der Waals surface area contributed by atoms with Gasteiger partial charge in [0.2, 0.25) is 0 Å². The molecule has 1 aromatic heterocycles. The average Bonchev–Trinajstić information content (AvgIpc) is 3.50. The van der Waals surface area contributed by atoms with Gasteiger partial charge in [-0.25, -0.2) is 10.4 Å². The smallest absolute Gasteiger partial charge is 0.160 e. The minimum atomic E-state index is 0.0763. The van der Waals surface area contributed by atoms with Crippen molar-refractivity contribution >= 4 is 12.0 Å². The van der Waals surface area contributed by atoms with Crippen LogP contribution in [0.15, 0.2) is 53.1 Å². The van der Waals surface area contributed by atoms with Crippen molar-refractivity contribution in [2.45, 2.75) is 80.1 Å². The fourth-order valence-corrected chi connectivity index (χ4v) is 3.84. The lowest BCUT2D eigenvalue weighted by molar-refractivity contribution is -0.113. The van der Waals surface area contributed by atoms with Crippen molar-refractivity contribution in [2.75, 3.05) is 6.54 Å². The van der Waals surface area contributed by atoms with Gasteiger partial charge in [0.15, 0.2) is 11.6 Å². The number of unbranched alkanes of at least 4 members (excludes halogenated alkanes) is 1. The van der Waals surface area contributed by atoms with Crippen LogP contribution in [0.4, 0.5) is 0 Å². The second kappa shape index (κ2) is 13.7. The normalized spacial score (nSPS) is 14.7. The van der Waals surface area contributed by atoms with Crippen LogP contribution in [0.25, 0.3) is 11.3 Å². The number of hydrazine groups is 1. The van der Waals surface area contributed by atoms with E-state index in [1.807, 2.05) is 32.3 Å². The Morgan fingerprint density at radius 2 is 1.97 bits per heavy atom. The molecule has 2 aromatic rings. The Balaban J connectivity index is 0.000000248. The summed E-state index contributed by atoms with van der Waals surface area (Å²) in [5.41, 5.74) is 10.4. The molecule has 0 fully saturated rings. The van der Waals surface area contributed by atoms with Gasteiger partial charge in [-0.15, -0.1) is 0 Å². The molecule has 4 rings (SSSR count). The van der Waals surface area contributed by atoms with Gasteiger partial charge < -0.3 is 0 Å². The highest BCUT2D eigenvalue weighted by Gasteiger charge is 2.23. The number of aryl methyl sites for hydroxylation is 2. The Bertz CT molecular complexity index is 1030. The molecule has 6 heteroatoms. The monoisotopic (exact) mass is 463 g/mol. The molecule has 0 spiro atoms. The van der Waals surface area contributed by atoms with Gasteiger partial charge in [-0.2, -0.15) is 5.10 Å². The molecule has 0 saturated heterocycles. The van der Waals surface area contributed by atoms with Crippen LogP contribution in [0.5, 0.6) is 0 Å². The average molecular weight is 464 g/mol. The van der Waals surface area contributed by atoms with Crippen molar-refractivity contribution in [2.24, 2.45) is 4.99 Å². The maximum absolute atomic E-state index is 11.1. The van der Waals surface area contributed by atoms with E-state index in [1.165, 1.54) is 47.2 Å². The van der Waals surface area contributed by atoms with Crippen LogP contribution in [0, 0.1) is 6.92 Å². The first-order valence-corrected chi connectivity index (χ1v) is 12.6. The predicted molar refractivity (Wildman–Crippen MR) is 143 cm³/mol.